The second-order valence-electron chi connectivity index (χ2n) is 8.52. The largest absolute Gasteiger partial charge is 0.497 e. The van der Waals surface area contributed by atoms with Crippen LogP contribution in [0.15, 0.2) is 66.0 Å². The number of benzene rings is 2. The number of Topliss-reactive ketones (excluding diaryl/α,β-unsaturated/α-hetero) is 1. The molecule has 10 nitrogen and oxygen atoms in total. The van der Waals surface area contributed by atoms with Crippen LogP contribution in [-0.2, 0) is 10.0 Å². The molecule has 4 aromatic rings. The molecule has 0 unspecified atom stereocenters. The van der Waals surface area contributed by atoms with E-state index in [4.69, 9.17) is 4.74 Å². The maximum atomic E-state index is 13.4. The molecule has 36 heavy (non-hydrogen) atoms. The standard InChI is InChI=1S/C25H26N6O4S/c1-18(32)19-6-10-22(11-7-19)36(33,34)30-13-3-12-29(14-15-30)24-23(16-26-25-27-17-28-31(24)25)20-4-8-21(35-2)9-5-20/h4-11,16-17H,3,12-15H2,1-2H3. The Balaban J connectivity index is 1.45. The molecule has 1 saturated heterocycles. The van der Waals surface area contributed by atoms with Gasteiger partial charge in [0.25, 0.3) is 5.78 Å². The van der Waals surface area contributed by atoms with Crippen molar-refractivity contribution in [2.24, 2.45) is 0 Å². The highest BCUT2D eigenvalue weighted by molar-refractivity contribution is 7.89. The van der Waals surface area contributed by atoms with Gasteiger partial charge in [-0.1, -0.05) is 24.3 Å². The van der Waals surface area contributed by atoms with Crippen molar-refractivity contribution < 1.29 is 17.9 Å². The van der Waals surface area contributed by atoms with E-state index < -0.39 is 10.0 Å². The highest BCUT2D eigenvalue weighted by Gasteiger charge is 2.29. The van der Waals surface area contributed by atoms with Crippen LogP contribution in [0.25, 0.3) is 16.9 Å². The minimum absolute atomic E-state index is 0.103. The van der Waals surface area contributed by atoms with Gasteiger partial charge < -0.3 is 9.64 Å². The second kappa shape index (κ2) is 9.67. The van der Waals surface area contributed by atoms with Gasteiger partial charge in [0.1, 0.15) is 17.9 Å². The van der Waals surface area contributed by atoms with Crippen LogP contribution < -0.4 is 9.64 Å². The van der Waals surface area contributed by atoms with Gasteiger partial charge in [0.05, 0.1) is 12.0 Å². The normalized spacial score (nSPS) is 15.1. The number of carbonyl (C=O) groups excluding carboxylic acids is 1. The first-order chi connectivity index (χ1) is 17.4. The maximum Gasteiger partial charge on any atom is 0.254 e. The molecule has 1 aliphatic rings. The average molecular weight is 507 g/mol. The Labute approximate surface area is 209 Å². The molecular weight excluding hydrogens is 480 g/mol. The number of ketones is 1. The summed E-state index contributed by atoms with van der Waals surface area (Å²) >= 11 is 0. The number of anilines is 1. The quantitative estimate of drug-likeness (QED) is 0.367. The summed E-state index contributed by atoms with van der Waals surface area (Å²) in [7, 11) is -2.08. The lowest BCUT2D eigenvalue weighted by molar-refractivity contribution is 0.101. The van der Waals surface area contributed by atoms with Crippen LogP contribution in [0.5, 0.6) is 5.75 Å². The van der Waals surface area contributed by atoms with Gasteiger partial charge in [-0.25, -0.2) is 13.4 Å². The minimum atomic E-state index is -3.70. The molecule has 0 N–H and O–H groups in total. The SMILES string of the molecule is COc1ccc(-c2cnc3ncnn3c2N2CCCN(S(=O)(=O)c3ccc(C(C)=O)cc3)CC2)cc1. The first kappa shape index (κ1) is 23.9. The van der Waals surface area contributed by atoms with Crippen molar-refractivity contribution in [1.82, 2.24) is 23.9 Å². The van der Waals surface area contributed by atoms with Crippen LogP contribution >= 0.6 is 0 Å². The van der Waals surface area contributed by atoms with Gasteiger partial charge >= 0.3 is 0 Å². The van der Waals surface area contributed by atoms with Crippen molar-refractivity contribution >= 4 is 27.4 Å². The number of rotatable bonds is 6. The number of sulfonamides is 1. The van der Waals surface area contributed by atoms with Crippen molar-refractivity contribution in [3.05, 3.63) is 66.6 Å². The van der Waals surface area contributed by atoms with E-state index in [0.717, 1.165) is 22.7 Å². The third-order valence-corrected chi connectivity index (χ3v) is 8.25. The smallest absolute Gasteiger partial charge is 0.254 e. The third kappa shape index (κ3) is 4.42. The molecule has 1 fully saturated rings. The van der Waals surface area contributed by atoms with Crippen LogP contribution in [0.1, 0.15) is 23.7 Å². The average Bonchev–Trinajstić information content (AvgIpc) is 3.24. The van der Waals surface area contributed by atoms with Crippen LogP contribution in [-0.4, -0.2) is 71.4 Å². The van der Waals surface area contributed by atoms with Gasteiger partial charge in [-0.3, -0.25) is 4.79 Å². The summed E-state index contributed by atoms with van der Waals surface area (Å²) in [4.78, 5) is 22.6. The number of fused-ring (bicyclic) bond motifs is 1. The highest BCUT2D eigenvalue weighted by Crippen LogP contribution is 2.32. The number of aromatic nitrogens is 4. The van der Waals surface area contributed by atoms with Crippen LogP contribution in [0.4, 0.5) is 5.82 Å². The Morgan fingerprint density at radius 3 is 2.39 bits per heavy atom. The molecule has 0 saturated carbocycles. The molecule has 3 heterocycles. The first-order valence-corrected chi connectivity index (χ1v) is 13.0. The van der Waals surface area contributed by atoms with E-state index in [1.54, 1.807) is 30.0 Å². The fourth-order valence-corrected chi connectivity index (χ4v) is 5.87. The zero-order chi connectivity index (χ0) is 25.3. The van der Waals surface area contributed by atoms with E-state index in [2.05, 4.69) is 20.0 Å². The lowest BCUT2D eigenvalue weighted by Gasteiger charge is -2.26. The zero-order valence-corrected chi connectivity index (χ0v) is 20.9. The fraction of sp³-hybridized carbons (Fsp3) is 0.280. The van der Waals surface area contributed by atoms with Gasteiger partial charge in [-0.15, -0.1) is 0 Å². The molecule has 0 aliphatic carbocycles. The van der Waals surface area contributed by atoms with E-state index >= 15 is 0 Å². The summed E-state index contributed by atoms with van der Waals surface area (Å²) in [5.74, 6) is 1.94. The fourth-order valence-electron chi connectivity index (χ4n) is 4.40. The first-order valence-electron chi connectivity index (χ1n) is 11.6. The summed E-state index contributed by atoms with van der Waals surface area (Å²) in [6, 6.07) is 13.8. The molecule has 5 rings (SSSR count). The molecule has 2 aromatic carbocycles. The number of carbonyl (C=O) groups is 1. The topological polar surface area (TPSA) is 110 Å². The molecular formula is C25H26N6O4S. The molecule has 0 bridgehead atoms. The van der Waals surface area contributed by atoms with Crippen molar-refractivity contribution in [2.45, 2.75) is 18.2 Å². The van der Waals surface area contributed by atoms with E-state index in [-0.39, 0.29) is 10.7 Å². The molecule has 0 atom stereocenters. The van der Waals surface area contributed by atoms with Crippen LogP contribution in [0, 0.1) is 0 Å². The number of hydrogen-bond donors (Lipinski definition) is 0. The molecule has 11 heteroatoms. The summed E-state index contributed by atoms with van der Waals surface area (Å²) in [6.45, 7) is 3.25. The maximum absolute atomic E-state index is 13.4. The van der Waals surface area contributed by atoms with Gasteiger partial charge in [-0.05, 0) is 43.2 Å². The number of methoxy groups -OCH3 is 1. The van der Waals surface area contributed by atoms with Crippen molar-refractivity contribution in [3.8, 4) is 16.9 Å². The molecule has 186 valence electrons. The second-order valence-corrected chi connectivity index (χ2v) is 10.5. The Morgan fingerprint density at radius 2 is 1.69 bits per heavy atom. The lowest BCUT2D eigenvalue weighted by atomic mass is 10.1. The predicted molar refractivity (Wildman–Crippen MR) is 135 cm³/mol. The highest BCUT2D eigenvalue weighted by atomic mass is 32.2. The summed E-state index contributed by atoms with van der Waals surface area (Å²) in [5.41, 5.74) is 2.29. The Morgan fingerprint density at radius 1 is 0.944 bits per heavy atom. The van der Waals surface area contributed by atoms with E-state index in [0.29, 0.717) is 43.9 Å². The Bertz CT molecular complexity index is 1500. The summed E-state index contributed by atoms with van der Waals surface area (Å²) in [6.07, 6.45) is 3.87. The van der Waals surface area contributed by atoms with Gasteiger partial charge in [0.15, 0.2) is 5.78 Å². The summed E-state index contributed by atoms with van der Waals surface area (Å²) < 4.78 is 35.2. The van der Waals surface area contributed by atoms with Gasteiger partial charge in [0.2, 0.25) is 10.0 Å². The summed E-state index contributed by atoms with van der Waals surface area (Å²) in [5, 5.41) is 4.40. The van der Waals surface area contributed by atoms with E-state index in [1.807, 2.05) is 24.3 Å². The van der Waals surface area contributed by atoms with Gasteiger partial charge in [-0.2, -0.15) is 18.9 Å². The van der Waals surface area contributed by atoms with Crippen LogP contribution in [0.2, 0.25) is 0 Å². The van der Waals surface area contributed by atoms with Crippen LogP contribution in [0.3, 0.4) is 0 Å². The number of hydrogen-bond acceptors (Lipinski definition) is 8. The number of nitrogens with zero attached hydrogens (tertiary/aromatic N) is 6. The van der Waals surface area contributed by atoms with Crippen molar-refractivity contribution in [3.63, 3.8) is 0 Å². The predicted octanol–water partition coefficient (Wildman–Crippen LogP) is 2.90. The molecule has 0 amide bonds. The minimum Gasteiger partial charge on any atom is -0.497 e. The number of ether oxygens (including phenoxy) is 1. The lowest BCUT2D eigenvalue weighted by Crippen LogP contribution is -2.35. The van der Waals surface area contributed by atoms with Crippen molar-refractivity contribution in [2.75, 3.05) is 38.2 Å². The Kier molecular flexibility index (Phi) is 6.42. The molecule has 2 aromatic heterocycles. The molecule has 1 aliphatic heterocycles. The van der Waals surface area contributed by atoms with Gasteiger partial charge in [0, 0.05) is 43.5 Å². The monoisotopic (exact) mass is 506 g/mol. The Hall–Kier alpha value is -3.83. The molecule has 0 radical (unpaired) electrons. The molecule has 0 spiro atoms. The van der Waals surface area contributed by atoms with E-state index in [9.17, 15) is 13.2 Å². The zero-order valence-electron chi connectivity index (χ0n) is 20.0. The van der Waals surface area contributed by atoms with E-state index in [1.165, 1.54) is 29.7 Å². The third-order valence-electron chi connectivity index (χ3n) is 6.33. The van der Waals surface area contributed by atoms with Crippen molar-refractivity contribution in [1.29, 1.82) is 0 Å².